The van der Waals surface area contributed by atoms with Crippen LogP contribution in [0.4, 0.5) is 4.79 Å². The average molecular weight is 274 g/mol. The van der Waals surface area contributed by atoms with Gasteiger partial charge in [-0.15, -0.1) is 0 Å². The van der Waals surface area contributed by atoms with Gasteiger partial charge in [-0.3, -0.25) is 0 Å². The van der Waals surface area contributed by atoms with Crippen LogP contribution in [0, 0.1) is 5.92 Å². The van der Waals surface area contributed by atoms with Crippen molar-refractivity contribution in [3.8, 4) is 5.75 Å². The van der Waals surface area contributed by atoms with Crippen molar-refractivity contribution in [2.75, 3.05) is 26.7 Å². The van der Waals surface area contributed by atoms with Gasteiger partial charge < -0.3 is 14.5 Å². The van der Waals surface area contributed by atoms with Crippen molar-refractivity contribution in [1.29, 1.82) is 0 Å². The van der Waals surface area contributed by atoms with E-state index in [1.165, 1.54) is 19.4 Å². The Morgan fingerprint density at radius 1 is 1.20 bits per heavy atom. The highest BCUT2D eigenvalue weighted by molar-refractivity contribution is 5.70. The number of ether oxygens (including phenoxy) is 1. The van der Waals surface area contributed by atoms with Crippen LogP contribution in [0.1, 0.15) is 19.3 Å². The Bertz CT molecular complexity index is 463. The molecule has 2 fully saturated rings. The third kappa shape index (κ3) is 2.80. The summed E-state index contributed by atoms with van der Waals surface area (Å²) in [6.07, 6.45) is 3.32. The lowest BCUT2D eigenvalue weighted by Crippen LogP contribution is -2.54. The van der Waals surface area contributed by atoms with Crippen LogP contribution in [-0.4, -0.2) is 48.6 Å². The van der Waals surface area contributed by atoms with Crippen molar-refractivity contribution in [2.24, 2.45) is 5.92 Å². The maximum absolute atomic E-state index is 12.2. The molecule has 4 heteroatoms. The normalized spacial score (nSPS) is 26.9. The number of nitrogens with zero attached hydrogens (tertiary/aromatic N) is 2. The highest BCUT2D eigenvalue weighted by Gasteiger charge is 2.36. The first-order valence-corrected chi connectivity index (χ1v) is 7.46. The van der Waals surface area contributed by atoms with Crippen LogP contribution < -0.4 is 4.74 Å². The largest absolute Gasteiger partial charge is 0.415 e. The minimum Gasteiger partial charge on any atom is -0.410 e. The molecule has 4 nitrogen and oxygen atoms in total. The Morgan fingerprint density at radius 3 is 2.80 bits per heavy atom. The Hall–Kier alpha value is -1.55. The van der Waals surface area contributed by atoms with Crippen molar-refractivity contribution in [3.05, 3.63) is 30.3 Å². The van der Waals surface area contributed by atoms with Crippen molar-refractivity contribution < 1.29 is 9.53 Å². The third-order valence-corrected chi connectivity index (χ3v) is 4.55. The van der Waals surface area contributed by atoms with Crippen molar-refractivity contribution >= 4 is 6.09 Å². The standard InChI is InChI=1S/C16H22N2O2/c1-17-10-5-6-13-12-18(11-9-15(13)17)16(19)20-14-7-3-2-4-8-14/h2-4,7-8,13,15H,5-6,9-12H2,1H3/t13-,15+/m0/s1. The first-order valence-electron chi connectivity index (χ1n) is 7.46. The number of hydrogen-bond donors (Lipinski definition) is 0. The van der Waals surface area contributed by atoms with E-state index in [9.17, 15) is 4.79 Å². The number of carbonyl (C=O) groups excluding carboxylic acids is 1. The third-order valence-electron chi connectivity index (χ3n) is 4.55. The van der Waals surface area contributed by atoms with Gasteiger partial charge in [-0.2, -0.15) is 0 Å². The topological polar surface area (TPSA) is 32.8 Å². The summed E-state index contributed by atoms with van der Waals surface area (Å²) in [6, 6.07) is 9.96. The molecule has 2 heterocycles. The molecule has 0 aromatic heterocycles. The number of para-hydroxylation sites is 1. The lowest BCUT2D eigenvalue weighted by Gasteiger charge is -2.45. The molecule has 2 atom stereocenters. The molecule has 0 N–H and O–H groups in total. The quantitative estimate of drug-likeness (QED) is 0.789. The predicted molar refractivity (Wildman–Crippen MR) is 77.8 cm³/mol. The van der Waals surface area contributed by atoms with Gasteiger partial charge in [0.1, 0.15) is 5.75 Å². The summed E-state index contributed by atoms with van der Waals surface area (Å²) in [5.74, 6) is 1.23. The molecule has 0 spiro atoms. The molecule has 108 valence electrons. The minimum atomic E-state index is -0.206. The van der Waals surface area contributed by atoms with Crippen LogP contribution in [0.5, 0.6) is 5.75 Å². The first kappa shape index (κ1) is 13.4. The highest BCUT2D eigenvalue weighted by atomic mass is 16.6. The molecule has 3 rings (SSSR count). The molecule has 0 saturated carbocycles. The molecule has 0 unspecified atom stereocenters. The van der Waals surface area contributed by atoms with Crippen LogP contribution in [0.25, 0.3) is 0 Å². The smallest absolute Gasteiger partial charge is 0.410 e. The zero-order chi connectivity index (χ0) is 13.9. The zero-order valence-corrected chi connectivity index (χ0v) is 12.0. The van der Waals surface area contributed by atoms with Gasteiger partial charge in [-0.25, -0.2) is 4.79 Å². The number of carbonyl (C=O) groups is 1. The number of likely N-dealkylation sites (tertiary alicyclic amines) is 2. The van der Waals surface area contributed by atoms with E-state index in [4.69, 9.17) is 4.74 Å². The Balaban J connectivity index is 1.60. The molecular weight excluding hydrogens is 252 g/mol. The maximum Gasteiger partial charge on any atom is 0.415 e. The second kappa shape index (κ2) is 5.83. The lowest BCUT2D eigenvalue weighted by atomic mass is 9.84. The van der Waals surface area contributed by atoms with Gasteiger partial charge in [0.05, 0.1) is 0 Å². The van der Waals surface area contributed by atoms with Crippen LogP contribution >= 0.6 is 0 Å². The molecule has 0 radical (unpaired) electrons. The fraction of sp³-hybridized carbons (Fsp3) is 0.562. The fourth-order valence-electron chi connectivity index (χ4n) is 3.47. The summed E-state index contributed by atoms with van der Waals surface area (Å²) in [4.78, 5) is 16.5. The number of hydrogen-bond acceptors (Lipinski definition) is 3. The van der Waals surface area contributed by atoms with E-state index in [0.29, 0.717) is 17.7 Å². The Labute approximate surface area is 120 Å². The van der Waals surface area contributed by atoms with E-state index in [1.54, 1.807) is 0 Å². The van der Waals surface area contributed by atoms with Crippen molar-refractivity contribution in [2.45, 2.75) is 25.3 Å². The molecule has 0 aliphatic carbocycles. The van der Waals surface area contributed by atoms with Gasteiger partial charge in [0.25, 0.3) is 0 Å². The maximum atomic E-state index is 12.2. The number of rotatable bonds is 1. The summed E-state index contributed by atoms with van der Waals surface area (Å²) < 4.78 is 5.43. The van der Waals surface area contributed by atoms with Gasteiger partial charge in [-0.05, 0) is 50.9 Å². The molecule has 2 aliphatic rings. The molecule has 2 aliphatic heterocycles. The molecular formula is C16H22N2O2. The summed E-state index contributed by atoms with van der Waals surface area (Å²) in [6.45, 7) is 2.83. The van der Waals surface area contributed by atoms with Gasteiger partial charge in [-0.1, -0.05) is 18.2 Å². The van der Waals surface area contributed by atoms with E-state index in [-0.39, 0.29) is 6.09 Å². The van der Waals surface area contributed by atoms with Gasteiger partial charge >= 0.3 is 6.09 Å². The van der Waals surface area contributed by atoms with Gasteiger partial charge in [0.15, 0.2) is 0 Å². The minimum absolute atomic E-state index is 0.206. The number of fused-ring (bicyclic) bond motifs is 1. The van der Waals surface area contributed by atoms with Crippen LogP contribution in [0.15, 0.2) is 30.3 Å². The summed E-state index contributed by atoms with van der Waals surface area (Å²) in [5, 5.41) is 0. The monoisotopic (exact) mass is 274 g/mol. The molecule has 1 amide bonds. The summed E-state index contributed by atoms with van der Waals surface area (Å²) >= 11 is 0. The zero-order valence-electron chi connectivity index (χ0n) is 12.0. The molecule has 1 aromatic rings. The summed E-state index contributed by atoms with van der Waals surface area (Å²) in [7, 11) is 2.20. The molecule has 2 saturated heterocycles. The molecule has 20 heavy (non-hydrogen) atoms. The Kier molecular flexibility index (Phi) is 3.92. The highest BCUT2D eigenvalue weighted by Crippen LogP contribution is 2.29. The van der Waals surface area contributed by atoms with E-state index >= 15 is 0 Å². The number of benzene rings is 1. The fourth-order valence-corrected chi connectivity index (χ4v) is 3.47. The van der Waals surface area contributed by atoms with E-state index in [0.717, 1.165) is 19.5 Å². The SMILES string of the molecule is CN1CCC[C@H]2CN(C(=O)Oc3ccccc3)CC[C@H]21. The average Bonchev–Trinajstić information content (AvgIpc) is 2.48. The number of piperidine rings is 2. The number of amides is 1. The lowest BCUT2D eigenvalue weighted by molar-refractivity contribution is 0.0419. The van der Waals surface area contributed by atoms with E-state index in [1.807, 2.05) is 35.2 Å². The van der Waals surface area contributed by atoms with E-state index < -0.39 is 0 Å². The second-order valence-corrected chi connectivity index (χ2v) is 5.87. The van der Waals surface area contributed by atoms with E-state index in [2.05, 4.69) is 11.9 Å². The van der Waals surface area contributed by atoms with Crippen LogP contribution in [0.2, 0.25) is 0 Å². The molecule has 0 bridgehead atoms. The van der Waals surface area contributed by atoms with Crippen LogP contribution in [0.3, 0.4) is 0 Å². The summed E-state index contributed by atoms with van der Waals surface area (Å²) in [5.41, 5.74) is 0. The van der Waals surface area contributed by atoms with Crippen LogP contribution in [-0.2, 0) is 0 Å². The molecule has 1 aromatic carbocycles. The predicted octanol–water partition coefficient (Wildman–Crippen LogP) is 2.60. The first-order chi connectivity index (χ1) is 9.74. The Morgan fingerprint density at radius 2 is 2.00 bits per heavy atom. The second-order valence-electron chi connectivity index (χ2n) is 5.87. The van der Waals surface area contributed by atoms with Crippen molar-refractivity contribution in [3.63, 3.8) is 0 Å². The van der Waals surface area contributed by atoms with Gasteiger partial charge in [0.2, 0.25) is 0 Å². The van der Waals surface area contributed by atoms with Crippen molar-refractivity contribution in [1.82, 2.24) is 9.80 Å². The van der Waals surface area contributed by atoms with Gasteiger partial charge in [0, 0.05) is 19.1 Å².